The number of hydrogen-bond acceptors (Lipinski definition) is 3. The Morgan fingerprint density at radius 1 is 1.24 bits per heavy atom. The van der Waals surface area contributed by atoms with E-state index in [0.29, 0.717) is 10.8 Å². The van der Waals surface area contributed by atoms with Gasteiger partial charge in [0, 0.05) is 11.9 Å². The predicted molar refractivity (Wildman–Crippen MR) is 71.8 cm³/mol. The highest BCUT2D eigenvalue weighted by molar-refractivity contribution is 7.80. The molecule has 17 heavy (non-hydrogen) atoms. The second kappa shape index (κ2) is 5.01. The highest BCUT2D eigenvalue weighted by Gasteiger charge is 2.19. The van der Waals surface area contributed by atoms with Crippen molar-refractivity contribution in [1.29, 1.82) is 0 Å². The number of hydrogen-bond donors (Lipinski definition) is 1. The SMILES string of the molecule is Cc1ccnc(C(C(N)=S)c2ccccc2)n1. The maximum Gasteiger partial charge on any atom is 0.142 e. The van der Waals surface area contributed by atoms with Crippen molar-refractivity contribution in [2.45, 2.75) is 12.8 Å². The highest BCUT2D eigenvalue weighted by atomic mass is 32.1. The Labute approximate surface area is 106 Å². The second-order valence-electron chi connectivity index (χ2n) is 3.80. The number of aryl methyl sites for hydroxylation is 1. The fourth-order valence-corrected chi connectivity index (χ4v) is 1.93. The first-order valence-electron chi connectivity index (χ1n) is 5.32. The van der Waals surface area contributed by atoms with Crippen molar-refractivity contribution in [2.75, 3.05) is 0 Å². The molecule has 0 saturated carbocycles. The zero-order chi connectivity index (χ0) is 12.3. The summed E-state index contributed by atoms with van der Waals surface area (Å²) in [5.74, 6) is 0.440. The van der Waals surface area contributed by atoms with Gasteiger partial charge in [0.25, 0.3) is 0 Å². The van der Waals surface area contributed by atoms with Gasteiger partial charge < -0.3 is 5.73 Å². The van der Waals surface area contributed by atoms with Crippen molar-refractivity contribution in [3.63, 3.8) is 0 Å². The maximum atomic E-state index is 5.80. The van der Waals surface area contributed by atoms with Gasteiger partial charge in [-0.3, -0.25) is 0 Å². The summed E-state index contributed by atoms with van der Waals surface area (Å²) in [5.41, 5.74) is 7.73. The third-order valence-electron chi connectivity index (χ3n) is 2.49. The van der Waals surface area contributed by atoms with E-state index in [-0.39, 0.29) is 5.92 Å². The van der Waals surface area contributed by atoms with Crippen molar-refractivity contribution < 1.29 is 0 Å². The number of nitrogens with two attached hydrogens (primary N) is 1. The molecule has 86 valence electrons. The van der Waals surface area contributed by atoms with Crippen LogP contribution >= 0.6 is 12.2 Å². The second-order valence-corrected chi connectivity index (χ2v) is 4.27. The topological polar surface area (TPSA) is 51.8 Å². The lowest BCUT2D eigenvalue weighted by Gasteiger charge is -2.14. The van der Waals surface area contributed by atoms with Crippen LogP contribution in [0.5, 0.6) is 0 Å². The molecule has 0 radical (unpaired) electrons. The first-order chi connectivity index (χ1) is 8.18. The van der Waals surface area contributed by atoms with E-state index in [9.17, 15) is 0 Å². The van der Waals surface area contributed by atoms with Gasteiger partial charge in [-0.25, -0.2) is 9.97 Å². The molecule has 1 aromatic carbocycles. The average molecular weight is 243 g/mol. The molecule has 1 unspecified atom stereocenters. The first kappa shape index (κ1) is 11.7. The molecule has 0 aliphatic rings. The first-order valence-corrected chi connectivity index (χ1v) is 5.73. The fourth-order valence-electron chi connectivity index (χ4n) is 1.69. The summed E-state index contributed by atoms with van der Waals surface area (Å²) in [4.78, 5) is 9.04. The molecule has 1 aromatic heterocycles. The Morgan fingerprint density at radius 3 is 2.53 bits per heavy atom. The van der Waals surface area contributed by atoms with E-state index in [0.717, 1.165) is 11.3 Å². The standard InChI is InChI=1S/C13H13N3S/c1-9-7-8-15-13(16-9)11(12(14)17)10-5-3-2-4-6-10/h2-8,11H,1H3,(H2,14,17). The smallest absolute Gasteiger partial charge is 0.142 e. The third kappa shape index (κ3) is 2.65. The van der Waals surface area contributed by atoms with Gasteiger partial charge in [-0.05, 0) is 18.6 Å². The molecule has 4 heteroatoms. The van der Waals surface area contributed by atoms with Crippen LogP contribution < -0.4 is 5.73 Å². The van der Waals surface area contributed by atoms with Crippen LogP contribution in [0, 0.1) is 6.92 Å². The molecule has 0 aliphatic heterocycles. The van der Waals surface area contributed by atoms with E-state index in [1.165, 1.54) is 0 Å². The molecular formula is C13H13N3S. The van der Waals surface area contributed by atoms with Gasteiger partial charge in [0.15, 0.2) is 0 Å². The van der Waals surface area contributed by atoms with Gasteiger partial charge in [-0.15, -0.1) is 0 Å². The molecular weight excluding hydrogens is 230 g/mol. The van der Waals surface area contributed by atoms with Gasteiger partial charge in [-0.1, -0.05) is 42.5 Å². The molecule has 0 spiro atoms. The number of benzene rings is 1. The van der Waals surface area contributed by atoms with Gasteiger partial charge in [0.05, 0.1) is 10.9 Å². The zero-order valence-corrected chi connectivity index (χ0v) is 10.3. The normalized spacial score (nSPS) is 12.1. The summed E-state index contributed by atoms with van der Waals surface area (Å²) in [6.45, 7) is 1.92. The Kier molecular flexibility index (Phi) is 3.44. The van der Waals surface area contributed by atoms with Crippen molar-refractivity contribution >= 4 is 17.2 Å². The minimum atomic E-state index is -0.217. The molecule has 0 fully saturated rings. The van der Waals surface area contributed by atoms with E-state index in [4.69, 9.17) is 18.0 Å². The highest BCUT2D eigenvalue weighted by Crippen LogP contribution is 2.21. The summed E-state index contributed by atoms with van der Waals surface area (Å²) >= 11 is 5.12. The van der Waals surface area contributed by atoms with Crippen molar-refractivity contribution in [3.05, 3.63) is 59.7 Å². The van der Waals surface area contributed by atoms with E-state index in [2.05, 4.69) is 9.97 Å². The van der Waals surface area contributed by atoms with E-state index >= 15 is 0 Å². The van der Waals surface area contributed by atoms with E-state index in [1.54, 1.807) is 6.20 Å². The summed E-state index contributed by atoms with van der Waals surface area (Å²) in [7, 11) is 0. The molecule has 1 heterocycles. The maximum absolute atomic E-state index is 5.80. The van der Waals surface area contributed by atoms with E-state index in [1.807, 2.05) is 43.3 Å². The van der Waals surface area contributed by atoms with Gasteiger partial charge in [-0.2, -0.15) is 0 Å². The molecule has 1 atom stereocenters. The predicted octanol–water partition coefficient (Wildman–Crippen LogP) is 2.20. The summed E-state index contributed by atoms with van der Waals surface area (Å²) in [6.07, 6.45) is 1.73. The molecule has 2 N–H and O–H groups in total. The lowest BCUT2D eigenvalue weighted by Crippen LogP contribution is -2.22. The molecule has 0 amide bonds. The molecule has 0 bridgehead atoms. The minimum absolute atomic E-state index is 0.217. The lowest BCUT2D eigenvalue weighted by atomic mass is 9.98. The average Bonchev–Trinajstić information content (AvgIpc) is 2.30. The Balaban J connectivity index is 2.47. The van der Waals surface area contributed by atoms with Crippen LogP contribution in [-0.2, 0) is 0 Å². The Morgan fingerprint density at radius 2 is 1.94 bits per heavy atom. The molecule has 0 saturated heterocycles. The summed E-state index contributed by atoms with van der Waals surface area (Å²) in [6, 6.07) is 11.7. The number of aromatic nitrogens is 2. The molecule has 3 nitrogen and oxygen atoms in total. The summed E-state index contributed by atoms with van der Waals surface area (Å²) < 4.78 is 0. The number of rotatable bonds is 3. The van der Waals surface area contributed by atoms with Crippen LogP contribution in [0.2, 0.25) is 0 Å². The van der Waals surface area contributed by atoms with E-state index < -0.39 is 0 Å². The van der Waals surface area contributed by atoms with Gasteiger partial charge >= 0.3 is 0 Å². The van der Waals surface area contributed by atoms with Gasteiger partial charge in [0.1, 0.15) is 5.82 Å². The monoisotopic (exact) mass is 243 g/mol. The van der Waals surface area contributed by atoms with Crippen LogP contribution in [0.15, 0.2) is 42.6 Å². The minimum Gasteiger partial charge on any atom is -0.392 e. The molecule has 0 aliphatic carbocycles. The summed E-state index contributed by atoms with van der Waals surface area (Å²) in [5, 5.41) is 0. The Hall–Kier alpha value is -1.81. The van der Waals surface area contributed by atoms with Crippen LogP contribution in [0.1, 0.15) is 23.0 Å². The van der Waals surface area contributed by atoms with Crippen LogP contribution in [0.3, 0.4) is 0 Å². The quantitative estimate of drug-likeness (QED) is 0.840. The van der Waals surface area contributed by atoms with Crippen LogP contribution in [0.4, 0.5) is 0 Å². The van der Waals surface area contributed by atoms with Gasteiger partial charge in [0.2, 0.25) is 0 Å². The zero-order valence-electron chi connectivity index (χ0n) is 9.50. The van der Waals surface area contributed by atoms with Crippen LogP contribution in [-0.4, -0.2) is 15.0 Å². The fraction of sp³-hybridized carbons (Fsp3) is 0.154. The molecule has 2 rings (SSSR count). The lowest BCUT2D eigenvalue weighted by molar-refractivity contribution is 0.896. The van der Waals surface area contributed by atoms with Crippen molar-refractivity contribution in [1.82, 2.24) is 9.97 Å². The third-order valence-corrected chi connectivity index (χ3v) is 2.72. The largest absolute Gasteiger partial charge is 0.392 e. The number of thiocarbonyl (C=S) groups is 1. The van der Waals surface area contributed by atoms with Crippen molar-refractivity contribution in [2.24, 2.45) is 5.73 Å². The number of nitrogens with zero attached hydrogens (tertiary/aromatic N) is 2. The van der Waals surface area contributed by atoms with Crippen LogP contribution in [0.25, 0.3) is 0 Å². The van der Waals surface area contributed by atoms with Crippen molar-refractivity contribution in [3.8, 4) is 0 Å². The Bertz CT molecular complexity index is 525. The molecule has 2 aromatic rings.